The van der Waals surface area contributed by atoms with Gasteiger partial charge in [-0.15, -0.1) is 0 Å². The number of carbonyl (C=O) groups excluding carboxylic acids is 1. The summed E-state index contributed by atoms with van der Waals surface area (Å²) in [5.74, 6) is -1.49. The van der Waals surface area contributed by atoms with Gasteiger partial charge in [0.2, 0.25) is 10.0 Å². The Balaban J connectivity index is 1.59. The van der Waals surface area contributed by atoms with Crippen LogP contribution >= 0.6 is 11.6 Å². The van der Waals surface area contributed by atoms with E-state index in [9.17, 15) is 22.0 Å². The van der Waals surface area contributed by atoms with Crippen LogP contribution in [0.25, 0.3) is 0 Å². The second-order valence-corrected chi connectivity index (χ2v) is 9.46. The molecule has 3 aromatic carbocycles. The molecule has 0 unspecified atom stereocenters. The van der Waals surface area contributed by atoms with Crippen molar-refractivity contribution in [2.75, 3.05) is 23.7 Å². The van der Waals surface area contributed by atoms with Crippen LogP contribution in [0.4, 0.5) is 14.5 Å². The summed E-state index contributed by atoms with van der Waals surface area (Å²) in [5.41, 5.74) is 0.622. The number of carbonyl (C=O) groups is 1. The molecule has 0 aliphatic carbocycles. The van der Waals surface area contributed by atoms with E-state index in [1.807, 2.05) is 0 Å². The minimum atomic E-state index is -3.85. The third-order valence-electron chi connectivity index (χ3n) is 4.59. The Kier molecular flexibility index (Phi) is 7.88. The van der Waals surface area contributed by atoms with Gasteiger partial charge in [-0.25, -0.2) is 17.2 Å². The Morgan fingerprint density at radius 1 is 1.03 bits per heavy atom. The van der Waals surface area contributed by atoms with Gasteiger partial charge in [-0.3, -0.25) is 9.10 Å². The van der Waals surface area contributed by atoms with Gasteiger partial charge in [0.15, 0.2) is 0 Å². The van der Waals surface area contributed by atoms with Crippen LogP contribution in [0, 0.1) is 11.6 Å². The number of ether oxygens (including phenoxy) is 1. The van der Waals surface area contributed by atoms with Crippen molar-refractivity contribution in [1.82, 2.24) is 5.32 Å². The number of benzene rings is 3. The van der Waals surface area contributed by atoms with Gasteiger partial charge in [-0.2, -0.15) is 0 Å². The molecule has 1 amide bonds. The maximum Gasteiger partial charge on any atom is 0.251 e. The van der Waals surface area contributed by atoms with Gasteiger partial charge in [0.25, 0.3) is 5.91 Å². The molecule has 0 saturated carbocycles. The van der Waals surface area contributed by atoms with Crippen molar-refractivity contribution in [2.45, 2.75) is 6.54 Å². The van der Waals surface area contributed by atoms with E-state index >= 15 is 0 Å². The number of hydrogen-bond acceptors (Lipinski definition) is 4. The van der Waals surface area contributed by atoms with Crippen molar-refractivity contribution in [1.29, 1.82) is 0 Å². The summed E-state index contributed by atoms with van der Waals surface area (Å²) in [7, 11) is -3.85. The molecule has 0 heterocycles. The van der Waals surface area contributed by atoms with E-state index in [1.54, 1.807) is 36.4 Å². The zero-order valence-electron chi connectivity index (χ0n) is 17.6. The highest BCUT2D eigenvalue weighted by molar-refractivity contribution is 7.92. The summed E-state index contributed by atoms with van der Waals surface area (Å²) in [5, 5.41) is 3.32. The molecule has 0 aliphatic heterocycles. The molecule has 3 rings (SSSR count). The molecular formula is C23H21ClF2N2O4S. The van der Waals surface area contributed by atoms with Crippen LogP contribution in [0.3, 0.4) is 0 Å². The van der Waals surface area contributed by atoms with Crippen LogP contribution in [0.5, 0.6) is 5.75 Å². The zero-order valence-corrected chi connectivity index (χ0v) is 19.2. The van der Waals surface area contributed by atoms with E-state index < -0.39 is 21.7 Å². The number of nitrogens with one attached hydrogen (secondary N) is 1. The maximum absolute atomic E-state index is 14.2. The molecule has 3 aromatic rings. The summed E-state index contributed by atoms with van der Waals surface area (Å²) < 4.78 is 58.1. The van der Waals surface area contributed by atoms with Gasteiger partial charge in [-0.05, 0) is 54.1 Å². The summed E-state index contributed by atoms with van der Waals surface area (Å²) in [6.45, 7) is 0.352. The highest BCUT2D eigenvalue weighted by Gasteiger charge is 2.21. The lowest BCUT2D eigenvalue weighted by Crippen LogP contribution is -2.30. The third kappa shape index (κ3) is 6.90. The second kappa shape index (κ2) is 10.6. The van der Waals surface area contributed by atoms with Crippen LogP contribution in [0.15, 0.2) is 66.7 Å². The smallest absolute Gasteiger partial charge is 0.251 e. The number of hydrogen-bond donors (Lipinski definition) is 1. The van der Waals surface area contributed by atoms with Gasteiger partial charge >= 0.3 is 0 Å². The molecule has 0 spiro atoms. The van der Waals surface area contributed by atoms with Crippen LogP contribution in [0.2, 0.25) is 5.02 Å². The van der Waals surface area contributed by atoms with E-state index in [4.69, 9.17) is 16.3 Å². The molecule has 0 aliphatic rings. The van der Waals surface area contributed by atoms with Gasteiger partial charge < -0.3 is 10.1 Å². The highest BCUT2D eigenvalue weighted by Crippen LogP contribution is 2.25. The quantitative estimate of drug-likeness (QED) is 0.448. The van der Waals surface area contributed by atoms with Crippen molar-refractivity contribution in [2.24, 2.45) is 0 Å². The van der Waals surface area contributed by atoms with Crippen molar-refractivity contribution in [3.63, 3.8) is 0 Å². The minimum Gasteiger partial charge on any atom is -0.492 e. The summed E-state index contributed by atoms with van der Waals surface area (Å²) >= 11 is 5.81. The van der Waals surface area contributed by atoms with Crippen molar-refractivity contribution in [3.8, 4) is 5.75 Å². The Morgan fingerprint density at radius 3 is 2.30 bits per heavy atom. The van der Waals surface area contributed by atoms with E-state index in [0.29, 0.717) is 28.0 Å². The van der Waals surface area contributed by atoms with E-state index in [1.165, 1.54) is 12.1 Å². The molecule has 0 fully saturated rings. The molecular weight excluding hydrogens is 474 g/mol. The molecule has 174 valence electrons. The molecule has 0 atom stereocenters. The average Bonchev–Trinajstić information content (AvgIpc) is 2.76. The molecule has 6 nitrogen and oxygen atoms in total. The average molecular weight is 495 g/mol. The van der Waals surface area contributed by atoms with E-state index in [-0.39, 0.29) is 31.3 Å². The Bertz CT molecular complexity index is 1220. The van der Waals surface area contributed by atoms with Crippen LogP contribution in [-0.4, -0.2) is 33.7 Å². The third-order valence-corrected chi connectivity index (χ3v) is 5.97. The highest BCUT2D eigenvalue weighted by atomic mass is 35.5. The van der Waals surface area contributed by atoms with Crippen LogP contribution < -0.4 is 14.4 Å². The fourth-order valence-electron chi connectivity index (χ4n) is 2.96. The first kappa shape index (κ1) is 24.5. The molecule has 0 bridgehead atoms. The molecule has 10 heteroatoms. The monoisotopic (exact) mass is 494 g/mol. The standard InChI is InChI=1S/C23H21ClF2N2O4S/c1-33(30,31)28(22-11-8-19(25)14-21(22)26)15-16-2-4-17(5-3-16)23(29)27-12-13-32-20-9-6-18(24)7-10-20/h2-11,14H,12-13,15H2,1H3,(H,27,29). The molecule has 33 heavy (non-hydrogen) atoms. The summed E-state index contributed by atoms with van der Waals surface area (Å²) in [6, 6.07) is 15.7. The molecule has 0 saturated heterocycles. The fraction of sp³-hybridized carbons (Fsp3) is 0.174. The minimum absolute atomic E-state index is 0.182. The predicted molar refractivity (Wildman–Crippen MR) is 123 cm³/mol. The van der Waals surface area contributed by atoms with E-state index in [2.05, 4.69) is 5.32 Å². The number of sulfonamides is 1. The number of amides is 1. The largest absolute Gasteiger partial charge is 0.492 e. The van der Waals surface area contributed by atoms with Gasteiger partial charge in [0, 0.05) is 16.7 Å². The first-order valence-electron chi connectivity index (χ1n) is 9.82. The number of rotatable bonds is 9. The number of halogens is 3. The van der Waals surface area contributed by atoms with Crippen molar-refractivity contribution in [3.05, 3.63) is 94.5 Å². The Morgan fingerprint density at radius 2 is 1.70 bits per heavy atom. The molecule has 0 radical (unpaired) electrons. The lowest BCUT2D eigenvalue weighted by molar-refractivity contribution is 0.0947. The fourth-order valence-corrected chi connectivity index (χ4v) is 3.97. The van der Waals surface area contributed by atoms with Gasteiger partial charge in [-0.1, -0.05) is 23.7 Å². The topological polar surface area (TPSA) is 75.7 Å². The number of anilines is 1. The second-order valence-electron chi connectivity index (χ2n) is 7.12. The first-order chi connectivity index (χ1) is 15.6. The van der Waals surface area contributed by atoms with Crippen molar-refractivity contribution < 1.29 is 26.7 Å². The first-order valence-corrected chi connectivity index (χ1v) is 12.0. The maximum atomic E-state index is 14.2. The van der Waals surface area contributed by atoms with Gasteiger partial charge in [0.05, 0.1) is 25.0 Å². The van der Waals surface area contributed by atoms with Crippen LogP contribution in [-0.2, 0) is 16.6 Å². The summed E-state index contributed by atoms with van der Waals surface area (Å²) in [6.07, 6.45) is 0.934. The Labute approximate surface area is 195 Å². The normalized spacial score (nSPS) is 11.2. The number of nitrogens with zero attached hydrogens (tertiary/aromatic N) is 1. The molecule has 0 aromatic heterocycles. The predicted octanol–water partition coefficient (Wildman–Crippen LogP) is 4.39. The van der Waals surface area contributed by atoms with Gasteiger partial charge in [0.1, 0.15) is 24.0 Å². The van der Waals surface area contributed by atoms with Crippen LogP contribution in [0.1, 0.15) is 15.9 Å². The van der Waals surface area contributed by atoms with Crippen molar-refractivity contribution >= 4 is 33.2 Å². The zero-order chi connectivity index (χ0) is 24.0. The summed E-state index contributed by atoms with van der Waals surface area (Å²) in [4.78, 5) is 12.3. The lowest BCUT2D eigenvalue weighted by atomic mass is 10.1. The SMILES string of the molecule is CS(=O)(=O)N(Cc1ccc(C(=O)NCCOc2ccc(Cl)cc2)cc1)c1ccc(F)cc1F. The van der Waals surface area contributed by atoms with E-state index in [0.717, 1.165) is 22.7 Å². The molecule has 1 N–H and O–H groups in total. The Hall–Kier alpha value is -3.17. The lowest BCUT2D eigenvalue weighted by Gasteiger charge is -2.23.